The van der Waals surface area contributed by atoms with Crippen molar-refractivity contribution in [1.29, 1.82) is 0 Å². The van der Waals surface area contributed by atoms with Gasteiger partial charge in [0.25, 0.3) is 0 Å². The third-order valence-corrected chi connectivity index (χ3v) is 4.84. The van der Waals surface area contributed by atoms with E-state index in [0.717, 1.165) is 18.5 Å². The summed E-state index contributed by atoms with van der Waals surface area (Å²) in [5.41, 5.74) is 2.50. The number of hydrogen-bond acceptors (Lipinski definition) is 1. The van der Waals surface area contributed by atoms with Crippen LogP contribution in [0, 0.1) is 5.92 Å². The van der Waals surface area contributed by atoms with E-state index in [9.17, 15) is 0 Å². The third-order valence-electron chi connectivity index (χ3n) is 4.01. The minimum absolute atomic E-state index is 0.293. The van der Waals surface area contributed by atoms with Crippen molar-refractivity contribution >= 4 is 23.2 Å². The zero-order valence-corrected chi connectivity index (χ0v) is 12.7. The zero-order valence-electron chi connectivity index (χ0n) is 11.2. The van der Waals surface area contributed by atoms with Crippen LogP contribution in [0.4, 0.5) is 0 Å². The number of nitrogens with one attached hydrogen (secondary N) is 1. The minimum Gasteiger partial charge on any atom is -0.310 e. The Bertz CT molecular complexity index is 583. The maximum absolute atomic E-state index is 6.37. The second-order valence-electron chi connectivity index (χ2n) is 5.31. The number of hydrogen-bond donors (Lipinski definition) is 1. The van der Waals surface area contributed by atoms with Gasteiger partial charge >= 0.3 is 0 Å². The zero-order chi connectivity index (χ0) is 13.9. The van der Waals surface area contributed by atoms with Crippen LogP contribution >= 0.6 is 23.2 Å². The van der Waals surface area contributed by atoms with E-state index < -0.39 is 0 Å². The normalized spacial score (nSPS) is 22.1. The summed E-state index contributed by atoms with van der Waals surface area (Å²) in [6, 6.07) is 16.8. The molecular weight excluding hydrogens is 289 g/mol. The second-order valence-corrected chi connectivity index (χ2v) is 6.10. The van der Waals surface area contributed by atoms with Gasteiger partial charge in [-0.25, -0.2) is 0 Å². The van der Waals surface area contributed by atoms with Crippen LogP contribution in [-0.4, -0.2) is 6.54 Å². The van der Waals surface area contributed by atoms with Crippen LogP contribution in [0.25, 0.3) is 0 Å². The Morgan fingerprint density at radius 3 is 2.60 bits per heavy atom. The van der Waals surface area contributed by atoms with Gasteiger partial charge < -0.3 is 5.32 Å². The smallest absolute Gasteiger partial charge is 0.0640 e. The molecule has 0 amide bonds. The summed E-state index contributed by atoms with van der Waals surface area (Å²) in [6.45, 7) is 1.03. The van der Waals surface area contributed by atoms with Crippen LogP contribution in [0.2, 0.25) is 10.0 Å². The molecule has 2 unspecified atom stereocenters. The van der Waals surface area contributed by atoms with Crippen LogP contribution in [0.1, 0.15) is 23.6 Å². The molecular formula is C17H17Cl2N. The average molecular weight is 306 g/mol. The molecule has 0 bridgehead atoms. The average Bonchev–Trinajstić information content (AvgIpc) is 2.91. The van der Waals surface area contributed by atoms with Crippen molar-refractivity contribution in [2.45, 2.75) is 18.9 Å². The molecule has 1 nitrogen and oxygen atoms in total. The van der Waals surface area contributed by atoms with E-state index in [2.05, 4.69) is 41.7 Å². The van der Waals surface area contributed by atoms with Crippen molar-refractivity contribution in [2.24, 2.45) is 5.92 Å². The molecule has 2 aromatic carbocycles. The molecule has 0 radical (unpaired) electrons. The van der Waals surface area contributed by atoms with E-state index in [1.54, 1.807) is 0 Å². The molecule has 1 aliphatic heterocycles. The summed E-state index contributed by atoms with van der Waals surface area (Å²) >= 11 is 12.5. The molecule has 20 heavy (non-hydrogen) atoms. The largest absolute Gasteiger partial charge is 0.310 e. The van der Waals surface area contributed by atoms with Crippen LogP contribution < -0.4 is 5.32 Å². The van der Waals surface area contributed by atoms with Gasteiger partial charge in [-0.05, 0) is 42.5 Å². The molecule has 0 aromatic heterocycles. The van der Waals surface area contributed by atoms with Crippen molar-refractivity contribution in [2.75, 3.05) is 6.54 Å². The van der Waals surface area contributed by atoms with Gasteiger partial charge in [-0.15, -0.1) is 0 Å². The monoisotopic (exact) mass is 305 g/mol. The Morgan fingerprint density at radius 1 is 1.00 bits per heavy atom. The van der Waals surface area contributed by atoms with Crippen LogP contribution in [-0.2, 0) is 6.42 Å². The second kappa shape index (κ2) is 6.17. The van der Waals surface area contributed by atoms with Gasteiger partial charge in [0.1, 0.15) is 0 Å². The Balaban J connectivity index is 1.84. The molecule has 104 valence electrons. The molecule has 3 heteroatoms. The number of benzene rings is 2. The first-order chi connectivity index (χ1) is 9.75. The molecule has 1 saturated heterocycles. The summed E-state index contributed by atoms with van der Waals surface area (Å²) in [6.07, 6.45) is 2.24. The standard InChI is InChI=1S/C17H17Cl2N/c18-15-8-4-7-14(16(15)19)17-13(9-10-20-17)11-12-5-2-1-3-6-12/h1-8,13,17,20H,9-11H2. The van der Waals surface area contributed by atoms with Gasteiger partial charge in [0.05, 0.1) is 10.0 Å². The van der Waals surface area contributed by atoms with Crippen molar-refractivity contribution in [3.63, 3.8) is 0 Å². The molecule has 2 aromatic rings. The quantitative estimate of drug-likeness (QED) is 0.851. The maximum Gasteiger partial charge on any atom is 0.0640 e. The molecule has 0 saturated carbocycles. The lowest BCUT2D eigenvalue weighted by atomic mass is 9.88. The van der Waals surface area contributed by atoms with E-state index in [1.165, 1.54) is 12.0 Å². The molecule has 1 fully saturated rings. The first-order valence-electron chi connectivity index (χ1n) is 6.97. The third kappa shape index (κ3) is 2.85. The molecule has 0 aliphatic carbocycles. The summed E-state index contributed by atoms with van der Waals surface area (Å²) < 4.78 is 0. The van der Waals surface area contributed by atoms with Gasteiger partial charge in [0.15, 0.2) is 0 Å². The van der Waals surface area contributed by atoms with E-state index in [1.807, 2.05) is 12.1 Å². The van der Waals surface area contributed by atoms with Gasteiger partial charge in [-0.3, -0.25) is 0 Å². The molecule has 1 aliphatic rings. The van der Waals surface area contributed by atoms with Gasteiger partial charge in [0, 0.05) is 6.04 Å². The fourth-order valence-electron chi connectivity index (χ4n) is 3.02. The Hall–Kier alpha value is -1.02. The number of halogens is 2. The molecule has 2 atom stereocenters. The predicted molar refractivity (Wildman–Crippen MR) is 85.5 cm³/mol. The van der Waals surface area contributed by atoms with Crippen molar-refractivity contribution in [3.05, 3.63) is 69.7 Å². The summed E-state index contributed by atoms with van der Waals surface area (Å²) in [4.78, 5) is 0. The minimum atomic E-state index is 0.293. The fraction of sp³-hybridized carbons (Fsp3) is 0.294. The highest BCUT2D eigenvalue weighted by Gasteiger charge is 2.30. The molecule has 1 heterocycles. The summed E-state index contributed by atoms with van der Waals surface area (Å²) in [7, 11) is 0. The highest BCUT2D eigenvalue weighted by molar-refractivity contribution is 6.42. The summed E-state index contributed by atoms with van der Waals surface area (Å²) in [5, 5.41) is 4.89. The SMILES string of the molecule is Clc1cccc(C2NCCC2Cc2ccccc2)c1Cl. The van der Waals surface area contributed by atoms with Crippen molar-refractivity contribution in [3.8, 4) is 0 Å². The van der Waals surface area contributed by atoms with E-state index in [4.69, 9.17) is 23.2 Å². The predicted octanol–water partition coefficient (Wildman–Crippen LogP) is 4.89. The van der Waals surface area contributed by atoms with Gasteiger partial charge in [-0.1, -0.05) is 65.7 Å². The first-order valence-corrected chi connectivity index (χ1v) is 7.72. The van der Waals surface area contributed by atoms with Crippen LogP contribution in [0.3, 0.4) is 0 Å². The maximum atomic E-state index is 6.37. The Kier molecular flexibility index (Phi) is 4.30. The number of rotatable bonds is 3. The summed E-state index contributed by atoms with van der Waals surface area (Å²) in [5.74, 6) is 0.563. The highest BCUT2D eigenvalue weighted by atomic mass is 35.5. The molecule has 1 N–H and O–H groups in total. The van der Waals surface area contributed by atoms with E-state index in [0.29, 0.717) is 22.0 Å². The Labute approximate surface area is 129 Å². The Morgan fingerprint density at radius 2 is 1.80 bits per heavy atom. The van der Waals surface area contributed by atoms with Crippen LogP contribution in [0.5, 0.6) is 0 Å². The van der Waals surface area contributed by atoms with Crippen molar-refractivity contribution < 1.29 is 0 Å². The lowest BCUT2D eigenvalue weighted by Crippen LogP contribution is -2.19. The lowest BCUT2D eigenvalue weighted by molar-refractivity contribution is 0.460. The van der Waals surface area contributed by atoms with Crippen LogP contribution in [0.15, 0.2) is 48.5 Å². The van der Waals surface area contributed by atoms with E-state index >= 15 is 0 Å². The van der Waals surface area contributed by atoms with Gasteiger partial charge in [-0.2, -0.15) is 0 Å². The fourth-order valence-corrected chi connectivity index (χ4v) is 3.44. The molecule has 0 spiro atoms. The lowest BCUT2D eigenvalue weighted by Gasteiger charge is -2.21. The van der Waals surface area contributed by atoms with Crippen molar-refractivity contribution in [1.82, 2.24) is 5.32 Å². The molecule has 3 rings (SSSR count). The van der Waals surface area contributed by atoms with E-state index in [-0.39, 0.29) is 0 Å². The topological polar surface area (TPSA) is 12.0 Å². The highest BCUT2D eigenvalue weighted by Crippen LogP contribution is 2.38. The van der Waals surface area contributed by atoms with Gasteiger partial charge in [0.2, 0.25) is 0 Å². The first kappa shape index (κ1) is 13.9.